The molecule has 3 aliphatic carbocycles. The Balaban J connectivity index is 1.65. The highest BCUT2D eigenvalue weighted by Gasteiger charge is 2.72. The lowest BCUT2D eigenvalue weighted by molar-refractivity contribution is -0.156. The van der Waals surface area contributed by atoms with Gasteiger partial charge in [-0.25, -0.2) is 0 Å². The molecule has 0 aliphatic heterocycles. The largest absolute Gasteiger partial charge is 0.393 e. The number of halogens is 3. The first-order chi connectivity index (χ1) is 14.1. The van der Waals surface area contributed by atoms with E-state index in [1.54, 1.807) is 6.92 Å². The summed E-state index contributed by atoms with van der Waals surface area (Å²) in [6.07, 6.45) is -0.800. The van der Waals surface area contributed by atoms with Gasteiger partial charge in [0.05, 0.1) is 40.4 Å². The van der Waals surface area contributed by atoms with Crippen molar-refractivity contribution >= 4 is 0 Å². The summed E-state index contributed by atoms with van der Waals surface area (Å²) in [5.74, 6) is -1.44. The van der Waals surface area contributed by atoms with Crippen LogP contribution >= 0.6 is 0 Å². The van der Waals surface area contributed by atoms with Crippen molar-refractivity contribution in [2.45, 2.75) is 86.2 Å². The number of rotatable bonds is 8. The van der Waals surface area contributed by atoms with E-state index in [1.165, 1.54) is 0 Å². The Morgan fingerprint density at radius 2 is 1.61 bits per heavy atom. The van der Waals surface area contributed by atoms with Crippen LogP contribution in [0.3, 0.4) is 0 Å². The van der Waals surface area contributed by atoms with Crippen LogP contribution in [0.5, 0.6) is 0 Å². The van der Waals surface area contributed by atoms with Gasteiger partial charge in [0.15, 0.2) is 0 Å². The van der Waals surface area contributed by atoms with Gasteiger partial charge in [-0.15, -0.1) is 0 Å². The Morgan fingerprint density at radius 1 is 1.00 bits per heavy atom. The molecule has 0 bridgehead atoms. The zero-order chi connectivity index (χ0) is 23.7. The molecule has 0 aromatic rings. The van der Waals surface area contributed by atoms with Gasteiger partial charge < -0.3 is 0 Å². The molecule has 3 nitrogen and oxygen atoms in total. The first kappa shape index (κ1) is 23.9. The van der Waals surface area contributed by atoms with Gasteiger partial charge in [-0.05, 0) is 67.1 Å². The van der Waals surface area contributed by atoms with E-state index in [1.807, 2.05) is 6.07 Å². The van der Waals surface area contributed by atoms with Gasteiger partial charge >= 0.3 is 6.18 Å². The Kier molecular flexibility index (Phi) is 5.30. The molecule has 3 rings (SSSR count). The summed E-state index contributed by atoms with van der Waals surface area (Å²) in [7, 11) is 0. The Bertz CT molecular complexity index is 872. The fourth-order valence-electron chi connectivity index (χ4n) is 7.10. The molecule has 3 fully saturated rings. The van der Waals surface area contributed by atoms with Crippen LogP contribution in [0.15, 0.2) is 0 Å². The highest BCUT2D eigenvalue weighted by atomic mass is 19.4. The quantitative estimate of drug-likeness (QED) is 0.413. The molecule has 0 amide bonds. The van der Waals surface area contributed by atoms with Crippen molar-refractivity contribution in [3.8, 4) is 18.2 Å². The summed E-state index contributed by atoms with van der Waals surface area (Å²) in [5.41, 5.74) is -2.51. The zero-order valence-electron chi connectivity index (χ0n) is 19.5. The average Bonchev–Trinajstić information content (AvgIpc) is 3.55. The van der Waals surface area contributed by atoms with Crippen LogP contribution in [0, 0.1) is 84.7 Å². The van der Waals surface area contributed by atoms with Crippen LogP contribution in [-0.4, -0.2) is 6.18 Å². The Hall–Kier alpha value is -1.74. The number of nitriles is 3. The minimum Gasteiger partial charge on any atom is -0.198 e. The smallest absolute Gasteiger partial charge is 0.198 e. The van der Waals surface area contributed by atoms with Crippen molar-refractivity contribution in [1.82, 2.24) is 0 Å². The van der Waals surface area contributed by atoms with Crippen molar-refractivity contribution < 1.29 is 13.2 Å². The van der Waals surface area contributed by atoms with Crippen molar-refractivity contribution in [2.75, 3.05) is 0 Å². The number of nitrogens with zero attached hydrogens (tertiary/aromatic N) is 3. The molecule has 6 heteroatoms. The maximum Gasteiger partial charge on any atom is 0.393 e. The molecular weight excluding hydrogens is 399 g/mol. The molecule has 0 aromatic carbocycles. The van der Waals surface area contributed by atoms with Crippen molar-refractivity contribution in [3.05, 3.63) is 0 Å². The summed E-state index contributed by atoms with van der Waals surface area (Å²) >= 11 is 0. The second-order valence-electron chi connectivity index (χ2n) is 11.9. The lowest BCUT2D eigenvalue weighted by Gasteiger charge is -2.36. The van der Waals surface area contributed by atoms with E-state index >= 15 is 0 Å². The third kappa shape index (κ3) is 3.35. The summed E-state index contributed by atoms with van der Waals surface area (Å²) < 4.78 is 39.4. The Morgan fingerprint density at radius 3 is 2.00 bits per heavy atom. The molecule has 0 N–H and O–H groups in total. The van der Waals surface area contributed by atoms with Gasteiger partial charge in [0.25, 0.3) is 0 Å². The van der Waals surface area contributed by atoms with E-state index in [-0.39, 0.29) is 40.4 Å². The molecule has 170 valence electrons. The average molecular weight is 434 g/mol. The number of hydrogen-bond acceptors (Lipinski definition) is 3. The molecule has 0 spiro atoms. The summed E-state index contributed by atoms with van der Waals surface area (Å²) in [5, 5.41) is 29.3. The van der Waals surface area contributed by atoms with Gasteiger partial charge in [0.2, 0.25) is 0 Å². The van der Waals surface area contributed by atoms with E-state index in [0.717, 1.165) is 19.3 Å². The lowest BCUT2D eigenvalue weighted by Crippen LogP contribution is -2.31. The van der Waals surface area contributed by atoms with Gasteiger partial charge in [-0.3, -0.25) is 0 Å². The normalized spacial score (nSPS) is 42.3. The van der Waals surface area contributed by atoms with E-state index in [0.29, 0.717) is 12.8 Å². The lowest BCUT2D eigenvalue weighted by atomic mass is 9.66. The highest BCUT2D eigenvalue weighted by Crippen LogP contribution is 2.76. The fraction of sp³-hybridized carbons (Fsp3) is 0.880. The molecule has 3 saturated carbocycles. The van der Waals surface area contributed by atoms with Crippen molar-refractivity contribution in [3.63, 3.8) is 0 Å². The second-order valence-corrected chi connectivity index (χ2v) is 11.9. The molecule has 0 radical (unpaired) electrons. The fourth-order valence-corrected chi connectivity index (χ4v) is 7.10. The summed E-state index contributed by atoms with van der Waals surface area (Å²) in [4.78, 5) is 0. The standard InChI is InChI=1S/C25H34F3N3/c1-16(2)24(15-31)12-21(24,6)11-20(4,5)23(14-30)9-18(23)8-7-17(3)22(13-29)10-19(22)25(26,27)28/h16-19H,7-12H2,1-6H3. The third-order valence-electron chi connectivity index (χ3n) is 9.58. The Labute approximate surface area is 184 Å². The minimum absolute atomic E-state index is 0.0997. The van der Waals surface area contributed by atoms with Crippen LogP contribution < -0.4 is 0 Å². The van der Waals surface area contributed by atoms with Crippen LogP contribution in [0.2, 0.25) is 0 Å². The van der Waals surface area contributed by atoms with Crippen molar-refractivity contribution in [2.24, 2.45) is 50.7 Å². The van der Waals surface area contributed by atoms with Crippen LogP contribution in [0.4, 0.5) is 13.2 Å². The second kappa shape index (κ2) is 6.88. The third-order valence-corrected chi connectivity index (χ3v) is 9.58. The molecule has 7 atom stereocenters. The molecule has 3 aliphatic rings. The maximum atomic E-state index is 13.1. The summed E-state index contributed by atoms with van der Waals surface area (Å²) in [6, 6.07) is 7.08. The minimum atomic E-state index is -4.31. The SMILES string of the molecule is CC(CCC1CC1(C#N)C(C)(C)CC1(C)CC1(C#N)C(C)C)C1(C#N)CC1C(F)(F)F. The van der Waals surface area contributed by atoms with Gasteiger partial charge in [-0.2, -0.15) is 29.0 Å². The van der Waals surface area contributed by atoms with E-state index in [9.17, 15) is 29.0 Å². The van der Waals surface area contributed by atoms with E-state index < -0.39 is 22.9 Å². The van der Waals surface area contributed by atoms with E-state index in [2.05, 4.69) is 46.8 Å². The number of hydrogen-bond donors (Lipinski definition) is 0. The molecule has 31 heavy (non-hydrogen) atoms. The van der Waals surface area contributed by atoms with Crippen LogP contribution in [-0.2, 0) is 0 Å². The maximum absolute atomic E-state index is 13.1. The predicted molar refractivity (Wildman–Crippen MR) is 111 cm³/mol. The van der Waals surface area contributed by atoms with Gasteiger partial charge in [0, 0.05) is 0 Å². The topological polar surface area (TPSA) is 71.4 Å². The molecular formula is C25H34F3N3. The monoisotopic (exact) mass is 433 g/mol. The molecule has 7 unspecified atom stereocenters. The van der Waals surface area contributed by atoms with Gasteiger partial charge in [-0.1, -0.05) is 41.5 Å². The van der Waals surface area contributed by atoms with Crippen LogP contribution in [0.1, 0.15) is 80.1 Å². The van der Waals surface area contributed by atoms with Gasteiger partial charge in [0.1, 0.15) is 0 Å². The number of alkyl halides is 3. The summed E-state index contributed by atoms with van der Waals surface area (Å²) in [6.45, 7) is 12.3. The zero-order valence-corrected chi connectivity index (χ0v) is 19.5. The molecule has 0 saturated heterocycles. The molecule has 0 heterocycles. The van der Waals surface area contributed by atoms with Crippen molar-refractivity contribution in [1.29, 1.82) is 15.8 Å². The first-order valence-corrected chi connectivity index (χ1v) is 11.4. The van der Waals surface area contributed by atoms with E-state index in [4.69, 9.17) is 0 Å². The van der Waals surface area contributed by atoms with Crippen LogP contribution in [0.25, 0.3) is 0 Å². The first-order valence-electron chi connectivity index (χ1n) is 11.4. The predicted octanol–water partition coefficient (Wildman–Crippen LogP) is 7.02. The molecule has 0 aromatic heterocycles. The highest BCUT2D eigenvalue weighted by molar-refractivity contribution is 5.29.